The zero-order chi connectivity index (χ0) is 11.7. The highest BCUT2D eigenvalue weighted by Crippen LogP contribution is 2.06. The first kappa shape index (κ1) is 14.3. The smallest absolute Gasteiger partial charge is 0.325 e. The molecule has 15 heavy (non-hydrogen) atoms. The zero-order valence-corrected chi connectivity index (χ0v) is 9.75. The largest absolute Gasteiger partial charge is 0.462 e. The average Bonchev–Trinajstić information content (AvgIpc) is 2.22. The second-order valence-electron chi connectivity index (χ2n) is 3.51. The quantitative estimate of drug-likeness (QED) is 0.470. The van der Waals surface area contributed by atoms with Crippen LogP contribution in [0.25, 0.3) is 0 Å². The maximum Gasteiger partial charge on any atom is 0.325 e. The lowest BCUT2D eigenvalue weighted by Gasteiger charge is -2.20. The third kappa shape index (κ3) is 6.43. The fourth-order valence-corrected chi connectivity index (χ4v) is 0.747. The van der Waals surface area contributed by atoms with Crippen molar-refractivity contribution in [3.63, 3.8) is 0 Å². The molecule has 2 N–H and O–H groups in total. The molecule has 0 radical (unpaired) electrons. The van der Waals surface area contributed by atoms with Crippen LogP contribution in [0.5, 0.6) is 0 Å². The summed E-state index contributed by atoms with van der Waals surface area (Å²) in [5.41, 5.74) is 4.79. The van der Waals surface area contributed by atoms with Gasteiger partial charge in [0.1, 0.15) is 12.1 Å². The first-order valence-electron chi connectivity index (χ1n) is 5.07. The molecule has 0 saturated heterocycles. The van der Waals surface area contributed by atoms with Gasteiger partial charge < -0.3 is 19.9 Å². The highest BCUT2D eigenvalue weighted by molar-refractivity contribution is 5.79. The van der Waals surface area contributed by atoms with Crippen molar-refractivity contribution in [3.05, 3.63) is 0 Å². The third-order valence-corrected chi connectivity index (χ3v) is 2.09. The summed E-state index contributed by atoms with van der Waals surface area (Å²) in [5.74, 6) is -0.389. The van der Waals surface area contributed by atoms with Gasteiger partial charge in [-0.05, 0) is 13.3 Å². The van der Waals surface area contributed by atoms with Crippen LogP contribution in [0, 0.1) is 0 Å². The van der Waals surface area contributed by atoms with Crippen LogP contribution in [0.15, 0.2) is 0 Å². The van der Waals surface area contributed by atoms with Crippen molar-refractivity contribution in [3.8, 4) is 0 Å². The van der Waals surface area contributed by atoms with Crippen LogP contribution in [0.3, 0.4) is 0 Å². The second kappa shape index (κ2) is 7.62. The fourth-order valence-electron chi connectivity index (χ4n) is 0.747. The molecular weight excluding hydrogens is 198 g/mol. The van der Waals surface area contributed by atoms with Crippen molar-refractivity contribution in [1.29, 1.82) is 0 Å². The highest BCUT2D eigenvalue weighted by atomic mass is 16.6. The molecule has 0 amide bonds. The zero-order valence-electron chi connectivity index (χ0n) is 9.75. The summed E-state index contributed by atoms with van der Waals surface area (Å²) < 4.78 is 14.9. The Labute approximate surface area is 90.9 Å². The summed E-state index contributed by atoms with van der Waals surface area (Å²) in [5, 5.41) is 0. The summed E-state index contributed by atoms with van der Waals surface area (Å²) >= 11 is 0. The highest BCUT2D eigenvalue weighted by Gasteiger charge is 2.27. The minimum absolute atomic E-state index is 0.231. The normalized spacial score (nSPS) is 14.7. The second-order valence-corrected chi connectivity index (χ2v) is 3.51. The number of hydrogen-bond acceptors (Lipinski definition) is 5. The first-order valence-corrected chi connectivity index (χ1v) is 5.07. The average molecular weight is 219 g/mol. The number of methoxy groups -OCH3 is 1. The van der Waals surface area contributed by atoms with Crippen molar-refractivity contribution in [1.82, 2.24) is 0 Å². The Morgan fingerprint density at radius 1 is 1.27 bits per heavy atom. The number of carbonyl (C=O) groups excluding carboxylic acids is 1. The summed E-state index contributed by atoms with van der Waals surface area (Å²) in [6.45, 7) is 5.14. The van der Waals surface area contributed by atoms with E-state index in [0.29, 0.717) is 26.2 Å². The van der Waals surface area contributed by atoms with Gasteiger partial charge in [-0.3, -0.25) is 4.79 Å². The number of rotatable bonds is 8. The minimum atomic E-state index is -0.896. The van der Waals surface area contributed by atoms with Gasteiger partial charge in [-0.15, -0.1) is 0 Å². The van der Waals surface area contributed by atoms with Crippen molar-refractivity contribution in [2.24, 2.45) is 5.73 Å². The molecule has 1 atom stereocenters. The van der Waals surface area contributed by atoms with Crippen LogP contribution in [-0.4, -0.2) is 45.0 Å². The van der Waals surface area contributed by atoms with Gasteiger partial charge in [0, 0.05) is 7.11 Å². The molecule has 90 valence electrons. The molecule has 0 aromatic carbocycles. The lowest BCUT2D eigenvalue weighted by Crippen LogP contribution is -2.45. The van der Waals surface area contributed by atoms with E-state index < -0.39 is 5.54 Å². The molecule has 0 aliphatic rings. The van der Waals surface area contributed by atoms with Crippen molar-refractivity contribution < 1.29 is 19.0 Å². The summed E-state index contributed by atoms with van der Waals surface area (Å²) in [7, 11) is 1.60. The SMILES string of the molecule is CCC(C)(N)C(=O)OCCOCCOC. The van der Waals surface area contributed by atoms with Crippen molar-refractivity contribution in [2.45, 2.75) is 25.8 Å². The van der Waals surface area contributed by atoms with E-state index in [-0.39, 0.29) is 12.6 Å². The molecule has 5 heteroatoms. The summed E-state index contributed by atoms with van der Waals surface area (Å²) in [6, 6.07) is 0. The van der Waals surface area contributed by atoms with Gasteiger partial charge in [0.05, 0.1) is 19.8 Å². The van der Waals surface area contributed by atoms with Crippen molar-refractivity contribution >= 4 is 5.97 Å². The number of esters is 1. The van der Waals surface area contributed by atoms with E-state index in [2.05, 4.69) is 0 Å². The minimum Gasteiger partial charge on any atom is -0.462 e. The van der Waals surface area contributed by atoms with Gasteiger partial charge in [0.2, 0.25) is 0 Å². The maximum atomic E-state index is 11.4. The number of ether oxygens (including phenoxy) is 3. The van der Waals surface area contributed by atoms with Gasteiger partial charge in [0.25, 0.3) is 0 Å². The Balaban J connectivity index is 3.47. The molecule has 0 spiro atoms. The standard InChI is InChI=1S/C10H21NO4/c1-4-10(2,11)9(12)15-8-7-14-6-5-13-3/h4-8,11H2,1-3H3. The molecule has 0 fully saturated rings. The molecule has 0 heterocycles. The Morgan fingerprint density at radius 2 is 1.87 bits per heavy atom. The molecule has 0 aromatic rings. The molecule has 0 rings (SSSR count). The molecular formula is C10H21NO4. The van der Waals surface area contributed by atoms with Gasteiger partial charge in [-0.1, -0.05) is 6.92 Å². The number of carbonyl (C=O) groups is 1. The molecule has 0 aliphatic carbocycles. The van der Waals surface area contributed by atoms with E-state index in [1.807, 2.05) is 6.92 Å². The van der Waals surface area contributed by atoms with Crippen LogP contribution in [-0.2, 0) is 19.0 Å². The monoisotopic (exact) mass is 219 g/mol. The fraction of sp³-hybridized carbons (Fsp3) is 0.900. The van der Waals surface area contributed by atoms with E-state index in [0.717, 1.165) is 0 Å². The molecule has 5 nitrogen and oxygen atoms in total. The summed E-state index contributed by atoms with van der Waals surface area (Å²) in [4.78, 5) is 11.4. The van der Waals surface area contributed by atoms with E-state index in [1.54, 1.807) is 14.0 Å². The molecule has 0 aromatic heterocycles. The maximum absolute atomic E-state index is 11.4. The lowest BCUT2D eigenvalue weighted by molar-refractivity contribution is -0.151. The molecule has 0 aliphatic heterocycles. The van der Waals surface area contributed by atoms with Crippen LogP contribution in [0.1, 0.15) is 20.3 Å². The van der Waals surface area contributed by atoms with Gasteiger partial charge in [-0.2, -0.15) is 0 Å². The van der Waals surface area contributed by atoms with E-state index in [9.17, 15) is 4.79 Å². The van der Waals surface area contributed by atoms with Crippen molar-refractivity contribution in [2.75, 3.05) is 33.5 Å². The summed E-state index contributed by atoms with van der Waals surface area (Å²) in [6.07, 6.45) is 0.552. The predicted octanol–water partition coefficient (Wildman–Crippen LogP) is 0.320. The van der Waals surface area contributed by atoms with Gasteiger partial charge >= 0.3 is 5.97 Å². The Morgan fingerprint density at radius 3 is 2.40 bits per heavy atom. The Kier molecular flexibility index (Phi) is 7.29. The Bertz CT molecular complexity index is 182. The Hall–Kier alpha value is -0.650. The molecule has 0 saturated carbocycles. The van der Waals surface area contributed by atoms with Gasteiger partial charge in [0.15, 0.2) is 0 Å². The topological polar surface area (TPSA) is 70.8 Å². The van der Waals surface area contributed by atoms with E-state index in [4.69, 9.17) is 19.9 Å². The van der Waals surface area contributed by atoms with E-state index >= 15 is 0 Å². The lowest BCUT2D eigenvalue weighted by atomic mass is 10.0. The van der Waals surface area contributed by atoms with Crippen LogP contribution < -0.4 is 5.73 Å². The van der Waals surface area contributed by atoms with Gasteiger partial charge in [-0.25, -0.2) is 0 Å². The van der Waals surface area contributed by atoms with Crippen LogP contribution in [0.2, 0.25) is 0 Å². The number of hydrogen-bond donors (Lipinski definition) is 1. The molecule has 1 unspecified atom stereocenters. The predicted molar refractivity (Wildman–Crippen MR) is 56.5 cm³/mol. The van der Waals surface area contributed by atoms with E-state index in [1.165, 1.54) is 0 Å². The van der Waals surface area contributed by atoms with Crippen LogP contribution >= 0.6 is 0 Å². The molecule has 0 bridgehead atoms. The third-order valence-electron chi connectivity index (χ3n) is 2.09. The number of nitrogens with two attached hydrogens (primary N) is 1. The van der Waals surface area contributed by atoms with Crippen LogP contribution in [0.4, 0.5) is 0 Å². The first-order chi connectivity index (χ1) is 7.04.